The number of amides is 1. The number of carbonyl (C=O) groups excluding carboxylic acids is 2. The molecular weight excluding hydrogens is 482 g/mol. The second-order valence-electron chi connectivity index (χ2n) is 9.28. The first-order valence-electron chi connectivity index (χ1n) is 12.9. The Labute approximate surface area is 224 Å². The largest absolute Gasteiger partial charge is 0.493 e. The summed E-state index contributed by atoms with van der Waals surface area (Å²) < 4.78 is 22.6. The van der Waals surface area contributed by atoms with E-state index in [0.29, 0.717) is 37.6 Å². The second-order valence-corrected chi connectivity index (χ2v) is 9.28. The molecule has 0 radical (unpaired) electrons. The lowest BCUT2D eigenvalue weighted by Gasteiger charge is -2.30. The zero-order chi connectivity index (χ0) is 26.9. The number of hydrogen-bond donors (Lipinski definition) is 0. The van der Waals surface area contributed by atoms with E-state index >= 15 is 0 Å². The fourth-order valence-electron chi connectivity index (χ4n) is 4.99. The molecule has 3 aromatic carbocycles. The number of methoxy groups -OCH3 is 2. The molecule has 1 aliphatic heterocycles. The van der Waals surface area contributed by atoms with Crippen molar-refractivity contribution in [2.24, 2.45) is 0 Å². The zero-order valence-electron chi connectivity index (χ0n) is 22.2. The molecule has 0 saturated carbocycles. The Hall–Kier alpha value is -3.84. The van der Waals surface area contributed by atoms with E-state index < -0.39 is 18.1 Å². The Balaban J connectivity index is 1.56. The first kappa shape index (κ1) is 27.2. The van der Waals surface area contributed by atoms with Gasteiger partial charge in [-0.3, -0.25) is 4.79 Å². The molecule has 7 heteroatoms. The Morgan fingerprint density at radius 2 is 1.53 bits per heavy atom. The number of likely N-dealkylation sites (tertiary alicyclic amines) is 1. The van der Waals surface area contributed by atoms with Crippen LogP contribution in [-0.2, 0) is 19.1 Å². The third-order valence-electron chi connectivity index (χ3n) is 6.78. The fraction of sp³-hybridized carbons (Fsp3) is 0.355. The van der Waals surface area contributed by atoms with Crippen LogP contribution in [0.3, 0.4) is 0 Å². The molecule has 38 heavy (non-hydrogen) atoms. The number of benzene rings is 3. The summed E-state index contributed by atoms with van der Waals surface area (Å²) in [5, 5.41) is 0. The first-order valence-corrected chi connectivity index (χ1v) is 12.9. The van der Waals surface area contributed by atoms with E-state index in [9.17, 15) is 9.59 Å². The normalized spacial score (nSPS) is 16.9. The molecule has 0 aliphatic carbocycles. The van der Waals surface area contributed by atoms with Crippen molar-refractivity contribution in [1.82, 2.24) is 4.90 Å². The van der Waals surface area contributed by atoms with Gasteiger partial charge in [-0.1, -0.05) is 66.7 Å². The van der Waals surface area contributed by atoms with Gasteiger partial charge < -0.3 is 23.8 Å². The molecule has 200 valence electrons. The average Bonchev–Trinajstić information content (AvgIpc) is 3.41. The molecular formula is C31H35NO6. The number of rotatable bonds is 11. The van der Waals surface area contributed by atoms with Gasteiger partial charge in [-0.2, -0.15) is 0 Å². The molecule has 1 heterocycles. The van der Waals surface area contributed by atoms with Crippen molar-refractivity contribution in [2.75, 3.05) is 27.4 Å². The molecule has 1 aliphatic rings. The molecule has 3 aromatic rings. The van der Waals surface area contributed by atoms with Crippen molar-refractivity contribution >= 4 is 11.9 Å². The minimum atomic E-state index is -0.680. The van der Waals surface area contributed by atoms with Gasteiger partial charge in [-0.15, -0.1) is 0 Å². The summed E-state index contributed by atoms with van der Waals surface area (Å²) >= 11 is 0. The van der Waals surface area contributed by atoms with Crippen LogP contribution in [0.4, 0.5) is 0 Å². The predicted octanol–water partition coefficient (Wildman–Crippen LogP) is 5.50. The van der Waals surface area contributed by atoms with Crippen molar-refractivity contribution in [3.05, 3.63) is 95.6 Å². The maximum absolute atomic E-state index is 13.6. The highest BCUT2D eigenvalue weighted by Crippen LogP contribution is 2.41. The van der Waals surface area contributed by atoms with Gasteiger partial charge >= 0.3 is 5.97 Å². The van der Waals surface area contributed by atoms with Crippen LogP contribution in [0.5, 0.6) is 11.5 Å². The van der Waals surface area contributed by atoms with E-state index in [1.807, 2.05) is 78.9 Å². The number of hydrogen-bond acceptors (Lipinski definition) is 6. The monoisotopic (exact) mass is 517 g/mol. The van der Waals surface area contributed by atoms with E-state index in [1.54, 1.807) is 19.1 Å². The van der Waals surface area contributed by atoms with Gasteiger partial charge in [0, 0.05) is 27.1 Å². The topological polar surface area (TPSA) is 74.3 Å². The van der Waals surface area contributed by atoms with E-state index in [-0.39, 0.29) is 11.9 Å². The molecule has 7 nitrogen and oxygen atoms in total. The predicted molar refractivity (Wildman–Crippen MR) is 144 cm³/mol. The number of ether oxygens (including phenoxy) is 4. The van der Waals surface area contributed by atoms with Crippen molar-refractivity contribution in [3.8, 4) is 11.5 Å². The van der Waals surface area contributed by atoms with Gasteiger partial charge in [0.05, 0.1) is 19.8 Å². The third-order valence-corrected chi connectivity index (χ3v) is 6.78. The minimum Gasteiger partial charge on any atom is -0.493 e. The van der Waals surface area contributed by atoms with Crippen LogP contribution in [-0.4, -0.2) is 50.3 Å². The van der Waals surface area contributed by atoms with Gasteiger partial charge in [0.1, 0.15) is 6.04 Å². The molecule has 4 rings (SSSR count). The Bertz CT molecular complexity index is 1160. The summed E-state index contributed by atoms with van der Waals surface area (Å²) in [6.45, 7) is 2.57. The summed E-state index contributed by atoms with van der Waals surface area (Å²) in [5.41, 5.74) is 2.64. The molecule has 0 bridgehead atoms. The fourth-order valence-corrected chi connectivity index (χ4v) is 4.99. The maximum Gasteiger partial charge on any atom is 0.329 e. The number of esters is 1. The lowest BCUT2D eigenvalue weighted by molar-refractivity contribution is -0.157. The Morgan fingerprint density at radius 1 is 0.868 bits per heavy atom. The van der Waals surface area contributed by atoms with Crippen molar-refractivity contribution < 1.29 is 28.5 Å². The lowest BCUT2D eigenvalue weighted by Crippen LogP contribution is -2.42. The van der Waals surface area contributed by atoms with Crippen LogP contribution in [0, 0.1) is 0 Å². The van der Waals surface area contributed by atoms with E-state index in [4.69, 9.17) is 18.9 Å². The van der Waals surface area contributed by atoms with Crippen LogP contribution < -0.4 is 9.47 Å². The van der Waals surface area contributed by atoms with Gasteiger partial charge in [0.2, 0.25) is 5.91 Å². The smallest absolute Gasteiger partial charge is 0.329 e. The van der Waals surface area contributed by atoms with Gasteiger partial charge in [0.15, 0.2) is 17.6 Å². The SMILES string of the molecule is COCCCOc1cc(C2CC[C@@H](C(=O)OC(c3ccccc3)c3ccccc3)N2C(C)=O)ccc1OC. The van der Waals surface area contributed by atoms with E-state index in [0.717, 1.165) is 23.1 Å². The van der Waals surface area contributed by atoms with Crippen LogP contribution in [0.15, 0.2) is 78.9 Å². The molecule has 1 unspecified atom stereocenters. The maximum atomic E-state index is 13.6. The van der Waals surface area contributed by atoms with Crippen LogP contribution in [0.25, 0.3) is 0 Å². The van der Waals surface area contributed by atoms with E-state index in [2.05, 4.69) is 0 Å². The molecule has 1 saturated heterocycles. The van der Waals surface area contributed by atoms with Crippen LogP contribution in [0.1, 0.15) is 55.0 Å². The number of nitrogens with zero attached hydrogens (tertiary/aromatic N) is 1. The highest BCUT2D eigenvalue weighted by Gasteiger charge is 2.42. The van der Waals surface area contributed by atoms with Crippen molar-refractivity contribution in [3.63, 3.8) is 0 Å². The van der Waals surface area contributed by atoms with Crippen LogP contribution >= 0.6 is 0 Å². The van der Waals surface area contributed by atoms with Gasteiger partial charge in [-0.05, 0) is 41.7 Å². The highest BCUT2D eigenvalue weighted by molar-refractivity contribution is 5.85. The molecule has 0 aromatic heterocycles. The second kappa shape index (κ2) is 13.1. The molecule has 1 amide bonds. The highest BCUT2D eigenvalue weighted by atomic mass is 16.5. The summed E-state index contributed by atoms with van der Waals surface area (Å²) in [4.78, 5) is 28.1. The van der Waals surface area contributed by atoms with Gasteiger partial charge in [-0.25, -0.2) is 4.79 Å². The molecule has 0 spiro atoms. The lowest BCUT2D eigenvalue weighted by atomic mass is 10.0. The minimum absolute atomic E-state index is 0.177. The van der Waals surface area contributed by atoms with Crippen molar-refractivity contribution in [2.45, 2.75) is 44.4 Å². The number of carbonyl (C=O) groups is 2. The third kappa shape index (κ3) is 6.34. The van der Waals surface area contributed by atoms with Crippen molar-refractivity contribution in [1.29, 1.82) is 0 Å². The zero-order valence-corrected chi connectivity index (χ0v) is 22.2. The Morgan fingerprint density at radius 3 is 2.11 bits per heavy atom. The standard InChI is InChI=1S/C31H35NO6/c1-22(33)32-26(25-15-18-28(36-3)29(21-25)37-20-10-19-35-2)16-17-27(32)31(34)38-30(23-11-6-4-7-12-23)24-13-8-5-9-14-24/h4-9,11-15,18,21,26-27,30H,10,16-17,19-20H2,1-3H3/t26?,27-/m0/s1. The molecule has 2 atom stereocenters. The molecule has 0 N–H and O–H groups in total. The Kier molecular flexibility index (Phi) is 9.38. The average molecular weight is 518 g/mol. The van der Waals surface area contributed by atoms with E-state index in [1.165, 1.54) is 6.92 Å². The summed E-state index contributed by atoms with van der Waals surface area (Å²) in [6.07, 6.45) is 1.32. The molecule has 1 fully saturated rings. The summed E-state index contributed by atoms with van der Waals surface area (Å²) in [6, 6.07) is 24.0. The van der Waals surface area contributed by atoms with Gasteiger partial charge in [0.25, 0.3) is 0 Å². The summed E-state index contributed by atoms with van der Waals surface area (Å²) in [7, 11) is 3.25. The quantitative estimate of drug-likeness (QED) is 0.247. The summed E-state index contributed by atoms with van der Waals surface area (Å²) in [5.74, 6) is 0.626. The van der Waals surface area contributed by atoms with Crippen LogP contribution in [0.2, 0.25) is 0 Å². The first-order chi connectivity index (χ1) is 18.5.